The molecule has 1 fully saturated rings. The van der Waals surface area contributed by atoms with Crippen molar-refractivity contribution in [3.05, 3.63) is 23.4 Å². The number of anilines is 1. The zero-order chi connectivity index (χ0) is 13.0. The predicted octanol–water partition coefficient (Wildman–Crippen LogP) is 1.62. The lowest BCUT2D eigenvalue weighted by molar-refractivity contribution is 0.279. The Morgan fingerprint density at radius 3 is 2.94 bits per heavy atom. The van der Waals surface area contributed by atoms with Crippen LogP contribution in [0.25, 0.3) is 0 Å². The minimum Gasteiger partial charge on any atom is -0.396 e. The Morgan fingerprint density at radius 1 is 1.44 bits per heavy atom. The van der Waals surface area contributed by atoms with Crippen molar-refractivity contribution < 1.29 is 10.2 Å². The fourth-order valence-corrected chi connectivity index (χ4v) is 2.75. The lowest BCUT2D eigenvalue weighted by atomic mass is 10.1. The van der Waals surface area contributed by atoms with Gasteiger partial charge >= 0.3 is 0 Å². The number of rotatable bonds is 5. The molecular weight excluding hydrogens is 228 g/mol. The van der Waals surface area contributed by atoms with Crippen molar-refractivity contribution in [1.29, 1.82) is 0 Å². The summed E-state index contributed by atoms with van der Waals surface area (Å²) in [5.74, 6) is 1.03. The molecule has 0 saturated carbocycles. The first-order valence-corrected chi connectivity index (χ1v) is 6.70. The van der Waals surface area contributed by atoms with Gasteiger partial charge in [0.1, 0.15) is 5.82 Å². The highest BCUT2D eigenvalue weighted by Crippen LogP contribution is 2.29. The molecule has 0 spiro atoms. The second-order valence-corrected chi connectivity index (χ2v) is 5.00. The summed E-state index contributed by atoms with van der Waals surface area (Å²) in [6, 6.07) is 2.51. The summed E-state index contributed by atoms with van der Waals surface area (Å²) in [5.41, 5.74) is 1.99. The second kappa shape index (κ2) is 6.16. The molecule has 1 aromatic heterocycles. The summed E-state index contributed by atoms with van der Waals surface area (Å²) < 4.78 is 0. The van der Waals surface area contributed by atoms with E-state index in [1.165, 1.54) is 12.8 Å². The van der Waals surface area contributed by atoms with E-state index in [0.717, 1.165) is 36.3 Å². The zero-order valence-electron chi connectivity index (χ0n) is 11.0. The maximum atomic E-state index is 9.11. The zero-order valence-corrected chi connectivity index (χ0v) is 11.0. The molecule has 2 heterocycles. The molecule has 1 unspecified atom stereocenters. The molecule has 100 valence electrons. The molecule has 4 heteroatoms. The number of aliphatic hydroxyl groups excluding tert-OH is 2. The third kappa shape index (κ3) is 2.82. The lowest BCUT2D eigenvalue weighted by Gasteiger charge is -2.27. The van der Waals surface area contributed by atoms with E-state index in [9.17, 15) is 0 Å². The molecule has 0 amide bonds. The predicted molar refractivity (Wildman–Crippen MR) is 71.6 cm³/mol. The summed E-state index contributed by atoms with van der Waals surface area (Å²) in [6.45, 7) is 3.40. The smallest absolute Gasteiger partial charge is 0.131 e. The van der Waals surface area contributed by atoms with Crippen LogP contribution in [0.1, 0.15) is 36.8 Å². The van der Waals surface area contributed by atoms with Crippen molar-refractivity contribution in [2.45, 2.75) is 45.3 Å². The van der Waals surface area contributed by atoms with Crippen LogP contribution in [0.5, 0.6) is 0 Å². The van der Waals surface area contributed by atoms with Gasteiger partial charge < -0.3 is 15.1 Å². The Morgan fingerprint density at radius 2 is 2.28 bits per heavy atom. The molecule has 2 N–H and O–H groups in total. The first-order valence-electron chi connectivity index (χ1n) is 6.70. The van der Waals surface area contributed by atoms with E-state index in [1.807, 2.05) is 13.0 Å². The first-order chi connectivity index (χ1) is 8.76. The Bertz CT molecular complexity index is 395. The van der Waals surface area contributed by atoms with Gasteiger partial charge in [-0.25, -0.2) is 4.98 Å². The van der Waals surface area contributed by atoms with Crippen LogP contribution >= 0.6 is 0 Å². The molecule has 1 aliphatic rings. The highest BCUT2D eigenvalue weighted by Gasteiger charge is 2.26. The standard InChI is InChI=1S/C14H22N2O2/c1-11-8-12(10-18)9-15-14(11)16-6-2-4-13(16)5-3-7-17/h8-9,13,17-18H,2-7,10H2,1H3. The summed E-state index contributed by atoms with van der Waals surface area (Å²) in [4.78, 5) is 6.85. The first kappa shape index (κ1) is 13.3. The highest BCUT2D eigenvalue weighted by atomic mass is 16.3. The number of hydrogen-bond acceptors (Lipinski definition) is 4. The molecule has 1 aliphatic heterocycles. The molecule has 1 atom stereocenters. The number of aromatic nitrogens is 1. The van der Waals surface area contributed by atoms with Gasteiger partial charge in [0, 0.05) is 25.4 Å². The molecule has 1 aromatic rings. The highest BCUT2D eigenvalue weighted by molar-refractivity contribution is 5.49. The summed E-state index contributed by atoms with van der Waals surface area (Å²) in [6.07, 6.45) is 6.01. The summed E-state index contributed by atoms with van der Waals surface area (Å²) in [7, 11) is 0. The average molecular weight is 250 g/mol. The third-order valence-electron chi connectivity index (χ3n) is 3.63. The monoisotopic (exact) mass is 250 g/mol. The van der Waals surface area contributed by atoms with Crippen LogP contribution in [-0.4, -0.2) is 34.4 Å². The van der Waals surface area contributed by atoms with Crippen LogP contribution in [0.3, 0.4) is 0 Å². The van der Waals surface area contributed by atoms with Gasteiger partial charge in [0.2, 0.25) is 0 Å². The fraction of sp³-hybridized carbons (Fsp3) is 0.643. The number of nitrogens with zero attached hydrogens (tertiary/aromatic N) is 2. The maximum Gasteiger partial charge on any atom is 0.131 e. The van der Waals surface area contributed by atoms with Crippen LogP contribution in [0.2, 0.25) is 0 Å². The summed E-state index contributed by atoms with van der Waals surface area (Å²) >= 11 is 0. The molecule has 0 aromatic carbocycles. The van der Waals surface area contributed by atoms with Gasteiger partial charge in [0.25, 0.3) is 0 Å². The number of pyridine rings is 1. The normalized spacial score (nSPS) is 19.5. The Hall–Kier alpha value is -1.13. The van der Waals surface area contributed by atoms with Crippen LogP contribution in [0, 0.1) is 6.92 Å². The largest absolute Gasteiger partial charge is 0.396 e. The van der Waals surface area contributed by atoms with Gasteiger partial charge in [-0.2, -0.15) is 0 Å². The molecule has 1 saturated heterocycles. The van der Waals surface area contributed by atoms with Gasteiger partial charge in [-0.3, -0.25) is 0 Å². The Kier molecular flexibility index (Phi) is 4.55. The van der Waals surface area contributed by atoms with E-state index in [1.54, 1.807) is 6.20 Å². The molecular formula is C14H22N2O2. The van der Waals surface area contributed by atoms with Crippen LogP contribution in [0.4, 0.5) is 5.82 Å². The van der Waals surface area contributed by atoms with Crippen molar-refractivity contribution in [2.75, 3.05) is 18.1 Å². The summed E-state index contributed by atoms with van der Waals surface area (Å²) in [5, 5.41) is 18.0. The minimum atomic E-state index is 0.0437. The van der Waals surface area contributed by atoms with Gasteiger partial charge in [-0.15, -0.1) is 0 Å². The van der Waals surface area contributed by atoms with Gasteiger partial charge in [-0.1, -0.05) is 0 Å². The average Bonchev–Trinajstić information content (AvgIpc) is 2.84. The molecule has 0 radical (unpaired) electrons. The molecule has 0 bridgehead atoms. The Labute approximate surface area is 108 Å². The quantitative estimate of drug-likeness (QED) is 0.834. The van der Waals surface area contributed by atoms with E-state index in [-0.39, 0.29) is 13.2 Å². The topological polar surface area (TPSA) is 56.6 Å². The van der Waals surface area contributed by atoms with Crippen LogP contribution in [0.15, 0.2) is 12.3 Å². The van der Waals surface area contributed by atoms with Crippen molar-refractivity contribution in [3.63, 3.8) is 0 Å². The van der Waals surface area contributed by atoms with E-state index >= 15 is 0 Å². The van der Waals surface area contributed by atoms with E-state index in [0.29, 0.717) is 6.04 Å². The maximum absolute atomic E-state index is 9.11. The molecule has 4 nitrogen and oxygen atoms in total. The van der Waals surface area contributed by atoms with Crippen molar-refractivity contribution in [1.82, 2.24) is 4.98 Å². The van der Waals surface area contributed by atoms with Gasteiger partial charge in [0.05, 0.1) is 6.61 Å². The van der Waals surface area contributed by atoms with E-state index < -0.39 is 0 Å². The van der Waals surface area contributed by atoms with E-state index in [2.05, 4.69) is 9.88 Å². The molecule has 0 aliphatic carbocycles. The number of aliphatic hydroxyl groups is 2. The van der Waals surface area contributed by atoms with Crippen molar-refractivity contribution >= 4 is 5.82 Å². The fourth-order valence-electron chi connectivity index (χ4n) is 2.75. The Balaban J connectivity index is 2.14. The van der Waals surface area contributed by atoms with Crippen LogP contribution in [-0.2, 0) is 6.61 Å². The van der Waals surface area contributed by atoms with Gasteiger partial charge in [0.15, 0.2) is 0 Å². The second-order valence-electron chi connectivity index (χ2n) is 5.00. The van der Waals surface area contributed by atoms with Crippen molar-refractivity contribution in [2.24, 2.45) is 0 Å². The lowest BCUT2D eigenvalue weighted by Crippen LogP contribution is -2.30. The molecule has 2 rings (SSSR count). The van der Waals surface area contributed by atoms with Crippen molar-refractivity contribution in [3.8, 4) is 0 Å². The van der Waals surface area contributed by atoms with Crippen LogP contribution < -0.4 is 4.90 Å². The van der Waals surface area contributed by atoms with E-state index in [4.69, 9.17) is 10.2 Å². The minimum absolute atomic E-state index is 0.0437. The number of aryl methyl sites for hydroxylation is 1. The number of hydrogen-bond donors (Lipinski definition) is 2. The van der Waals surface area contributed by atoms with Gasteiger partial charge in [-0.05, 0) is 49.8 Å². The third-order valence-corrected chi connectivity index (χ3v) is 3.63. The SMILES string of the molecule is Cc1cc(CO)cnc1N1CCCC1CCCO. The molecule has 18 heavy (non-hydrogen) atoms.